The van der Waals surface area contributed by atoms with Gasteiger partial charge in [0, 0.05) is 36.6 Å². The number of primary amides is 1. The molecule has 7 N–H and O–H groups in total. The Labute approximate surface area is 219 Å². The summed E-state index contributed by atoms with van der Waals surface area (Å²) in [5, 5.41) is 12.8. The van der Waals surface area contributed by atoms with Gasteiger partial charge in [-0.3, -0.25) is 19.2 Å². The van der Waals surface area contributed by atoms with E-state index in [-0.39, 0.29) is 24.7 Å². The normalized spacial score (nSPS) is 20.9. The molecule has 4 amide bonds. The van der Waals surface area contributed by atoms with Crippen molar-refractivity contribution < 1.29 is 29.1 Å². The highest BCUT2D eigenvalue weighted by atomic mass is 16.4. The summed E-state index contributed by atoms with van der Waals surface area (Å²) in [6.07, 6.45) is 3.87. The minimum Gasteiger partial charge on any atom is -0.480 e. The molecule has 2 aliphatic heterocycles. The van der Waals surface area contributed by atoms with E-state index in [1.54, 1.807) is 0 Å². The van der Waals surface area contributed by atoms with E-state index >= 15 is 0 Å². The van der Waals surface area contributed by atoms with Gasteiger partial charge in [-0.2, -0.15) is 0 Å². The third-order valence-electron chi connectivity index (χ3n) is 7.39. The number of nitrogens with zero attached hydrogens (tertiary/aromatic N) is 2. The van der Waals surface area contributed by atoms with Crippen LogP contribution >= 0.6 is 0 Å². The van der Waals surface area contributed by atoms with Gasteiger partial charge in [-0.1, -0.05) is 18.2 Å². The number of carbonyl (C=O) groups is 5. The van der Waals surface area contributed by atoms with Gasteiger partial charge < -0.3 is 36.7 Å². The van der Waals surface area contributed by atoms with E-state index in [2.05, 4.69) is 10.3 Å². The molecule has 4 atom stereocenters. The molecule has 12 nitrogen and oxygen atoms in total. The van der Waals surface area contributed by atoms with E-state index in [4.69, 9.17) is 11.5 Å². The Hall–Kier alpha value is -3.93. The molecule has 2 fully saturated rings. The number of likely N-dealkylation sites (tertiary alicyclic amines) is 2. The number of carboxylic acid groups (broad SMARTS) is 1. The van der Waals surface area contributed by atoms with Gasteiger partial charge in [0.1, 0.15) is 18.1 Å². The molecule has 4 rings (SSSR count). The van der Waals surface area contributed by atoms with Gasteiger partial charge in [0.05, 0.1) is 6.04 Å². The second kappa shape index (κ2) is 11.6. The molecule has 2 aliphatic rings. The van der Waals surface area contributed by atoms with Gasteiger partial charge in [-0.15, -0.1) is 0 Å². The Morgan fingerprint density at radius 2 is 1.74 bits per heavy atom. The van der Waals surface area contributed by atoms with E-state index in [0.29, 0.717) is 45.2 Å². The maximum atomic E-state index is 13.6. The molecule has 38 heavy (non-hydrogen) atoms. The van der Waals surface area contributed by atoms with Crippen molar-refractivity contribution in [3.05, 3.63) is 36.0 Å². The number of rotatable bonds is 10. The molecule has 0 saturated carbocycles. The minimum absolute atomic E-state index is 0.143. The summed E-state index contributed by atoms with van der Waals surface area (Å²) in [5.41, 5.74) is 13.3. The summed E-state index contributed by atoms with van der Waals surface area (Å²) in [5.74, 6) is -3.20. The van der Waals surface area contributed by atoms with Gasteiger partial charge in [0.2, 0.25) is 23.6 Å². The lowest BCUT2D eigenvalue weighted by atomic mass is 10.0. The Morgan fingerprint density at radius 3 is 2.45 bits per heavy atom. The fourth-order valence-electron chi connectivity index (χ4n) is 5.43. The number of aromatic amines is 1. The number of carboxylic acids is 1. The molecule has 4 unspecified atom stereocenters. The van der Waals surface area contributed by atoms with Crippen molar-refractivity contribution in [2.45, 2.75) is 69.1 Å². The number of fused-ring (bicyclic) bond motifs is 1. The number of para-hydroxylation sites is 1. The number of aliphatic carboxylic acids is 1. The Kier molecular flexibility index (Phi) is 8.30. The van der Waals surface area contributed by atoms with Crippen molar-refractivity contribution in [3.63, 3.8) is 0 Å². The van der Waals surface area contributed by atoms with Crippen molar-refractivity contribution in [2.75, 3.05) is 13.1 Å². The quantitative estimate of drug-likeness (QED) is 0.284. The first-order chi connectivity index (χ1) is 18.2. The number of aromatic nitrogens is 1. The molecule has 2 aromatic rings. The van der Waals surface area contributed by atoms with Crippen LogP contribution in [0.5, 0.6) is 0 Å². The molecule has 3 heterocycles. The van der Waals surface area contributed by atoms with Gasteiger partial charge >= 0.3 is 5.97 Å². The Morgan fingerprint density at radius 1 is 1.05 bits per heavy atom. The predicted molar refractivity (Wildman–Crippen MR) is 137 cm³/mol. The number of hydrogen-bond donors (Lipinski definition) is 5. The van der Waals surface area contributed by atoms with Crippen LogP contribution in [0.3, 0.4) is 0 Å². The van der Waals surface area contributed by atoms with Crippen LogP contribution in [0.4, 0.5) is 0 Å². The van der Waals surface area contributed by atoms with Crippen LogP contribution in [0.1, 0.15) is 44.1 Å². The first-order valence-electron chi connectivity index (χ1n) is 12.9. The standard InChI is InChI=1S/C26H34N6O6/c27-17(13-15-14-29-18-6-2-1-5-16(15)18)24(35)32-12-4-8-21(32)25(36)31-11-3-7-20(31)23(34)30-19(26(37)38)9-10-22(28)33/h1-2,5-6,14,17,19-21,29H,3-4,7-13,27H2,(H2,28,33)(H,30,34)(H,37,38). The molecule has 1 aromatic heterocycles. The SMILES string of the molecule is NC(=O)CCC(NC(=O)C1CCCN1C(=O)C1CCCN1C(=O)C(N)Cc1c[nH]c2ccccc12)C(=O)O. The predicted octanol–water partition coefficient (Wildman–Crippen LogP) is -0.145. The smallest absolute Gasteiger partial charge is 0.326 e. The maximum absolute atomic E-state index is 13.6. The molecule has 204 valence electrons. The zero-order valence-electron chi connectivity index (χ0n) is 21.1. The van der Waals surface area contributed by atoms with Gasteiger partial charge in [-0.25, -0.2) is 4.79 Å². The highest BCUT2D eigenvalue weighted by Gasteiger charge is 2.43. The molecule has 0 radical (unpaired) electrons. The van der Waals surface area contributed by atoms with Crippen LogP contribution < -0.4 is 16.8 Å². The van der Waals surface area contributed by atoms with Crippen molar-refractivity contribution >= 4 is 40.5 Å². The van der Waals surface area contributed by atoms with Crippen LogP contribution in [0.25, 0.3) is 10.9 Å². The largest absolute Gasteiger partial charge is 0.480 e. The number of benzene rings is 1. The van der Waals surface area contributed by atoms with Crippen LogP contribution in [-0.4, -0.2) is 86.7 Å². The zero-order chi connectivity index (χ0) is 27.4. The number of amides is 4. The molecule has 0 bridgehead atoms. The topological polar surface area (TPSA) is 192 Å². The van der Waals surface area contributed by atoms with Gasteiger partial charge in [0.15, 0.2) is 0 Å². The average Bonchev–Trinajstić information content (AvgIpc) is 3.65. The fraction of sp³-hybridized carbons (Fsp3) is 0.500. The van der Waals surface area contributed by atoms with E-state index in [0.717, 1.165) is 16.5 Å². The lowest BCUT2D eigenvalue weighted by molar-refractivity contribution is -0.148. The second-order valence-corrected chi connectivity index (χ2v) is 9.95. The van der Waals surface area contributed by atoms with E-state index < -0.39 is 42.0 Å². The summed E-state index contributed by atoms with van der Waals surface area (Å²) < 4.78 is 0. The van der Waals surface area contributed by atoms with Crippen LogP contribution in [0.2, 0.25) is 0 Å². The van der Waals surface area contributed by atoms with Gasteiger partial charge in [-0.05, 0) is 50.2 Å². The first kappa shape index (κ1) is 27.1. The number of nitrogens with two attached hydrogens (primary N) is 2. The minimum atomic E-state index is -1.29. The summed E-state index contributed by atoms with van der Waals surface area (Å²) in [4.78, 5) is 68.6. The van der Waals surface area contributed by atoms with Crippen molar-refractivity contribution in [2.24, 2.45) is 11.5 Å². The number of hydrogen-bond acceptors (Lipinski definition) is 6. The van der Waals surface area contributed by atoms with Crippen molar-refractivity contribution in [1.82, 2.24) is 20.1 Å². The summed E-state index contributed by atoms with van der Waals surface area (Å²) in [6, 6.07) is 4.04. The molecule has 0 spiro atoms. The molecular weight excluding hydrogens is 492 g/mol. The molecule has 12 heteroatoms. The van der Waals surface area contributed by atoms with E-state index in [9.17, 15) is 29.1 Å². The third kappa shape index (κ3) is 5.80. The maximum Gasteiger partial charge on any atom is 0.326 e. The van der Waals surface area contributed by atoms with Crippen molar-refractivity contribution in [1.29, 1.82) is 0 Å². The number of H-pyrrole nitrogens is 1. The molecule has 0 aliphatic carbocycles. The van der Waals surface area contributed by atoms with Crippen LogP contribution in [0, 0.1) is 0 Å². The number of carbonyl (C=O) groups excluding carboxylic acids is 4. The lowest BCUT2D eigenvalue weighted by Gasteiger charge is -2.32. The molecular formula is C26H34N6O6. The second-order valence-electron chi connectivity index (χ2n) is 9.95. The monoisotopic (exact) mass is 526 g/mol. The third-order valence-corrected chi connectivity index (χ3v) is 7.39. The lowest BCUT2D eigenvalue weighted by Crippen LogP contribution is -2.56. The van der Waals surface area contributed by atoms with Crippen molar-refractivity contribution in [3.8, 4) is 0 Å². The highest BCUT2D eigenvalue weighted by molar-refractivity contribution is 5.95. The summed E-state index contributed by atoms with van der Waals surface area (Å²) in [7, 11) is 0. The Bertz CT molecular complexity index is 1230. The highest BCUT2D eigenvalue weighted by Crippen LogP contribution is 2.26. The van der Waals surface area contributed by atoms with E-state index in [1.807, 2.05) is 30.5 Å². The first-order valence-corrected chi connectivity index (χ1v) is 12.9. The Balaban J connectivity index is 1.41. The zero-order valence-corrected chi connectivity index (χ0v) is 21.1. The van der Waals surface area contributed by atoms with E-state index in [1.165, 1.54) is 9.80 Å². The summed E-state index contributed by atoms with van der Waals surface area (Å²) in [6.45, 7) is 0.728. The average molecular weight is 527 g/mol. The molecule has 2 saturated heterocycles. The van der Waals surface area contributed by atoms with Crippen LogP contribution in [0.15, 0.2) is 30.5 Å². The van der Waals surface area contributed by atoms with Crippen LogP contribution in [-0.2, 0) is 30.4 Å². The summed E-state index contributed by atoms with van der Waals surface area (Å²) >= 11 is 0. The van der Waals surface area contributed by atoms with Gasteiger partial charge in [0.25, 0.3) is 0 Å². The fourth-order valence-corrected chi connectivity index (χ4v) is 5.43. The number of nitrogens with one attached hydrogen (secondary N) is 2. The molecule has 1 aromatic carbocycles.